The van der Waals surface area contributed by atoms with Crippen molar-refractivity contribution >= 4 is 23.4 Å². The number of aromatic nitrogens is 1. The van der Waals surface area contributed by atoms with Gasteiger partial charge in [0.1, 0.15) is 5.82 Å². The molecule has 3 rings (SSSR count). The molecule has 1 fully saturated rings. The third-order valence-electron chi connectivity index (χ3n) is 4.31. The Labute approximate surface area is 153 Å². The normalized spacial score (nSPS) is 15.2. The van der Waals surface area contributed by atoms with E-state index in [-0.39, 0.29) is 5.97 Å². The smallest absolute Gasteiger partial charge is 0.339 e. The second-order valence-corrected chi connectivity index (χ2v) is 6.39. The van der Waals surface area contributed by atoms with Gasteiger partial charge in [-0.25, -0.2) is 9.78 Å². The van der Waals surface area contributed by atoms with Crippen LogP contribution in [-0.4, -0.2) is 48.6 Å². The summed E-state index contributed by atoms with van der Waals surface area (Å²) < 4.78 is 4.98. The maximum Gasteiger partial charge on any atom is 0.339 e. The molecule has 2 heterocycles. The molecule has 1 aliphatic heterocycles. The summed E-state index contributed by atoms with van der Waals surface area (Å²) in [7, 11) is 0. The van der Waals surface area contributed by atoms with Gasteiger partial charge < -0.3 is 9.64 Å². The zero-order chi connectivity index (χ0) is 17.6. The highest BCUT2D eigenvalue weighted by atomic mass is 35.5. The predicted molar refractivity (Wildman–Crippen MR) is 99.1 cm³/mol. The number of pyridine rings is 1. The Bertz CT molecular complexity index is 713. The molecule has 1 aromatic carbocycles. The van der Waals surface area contributed by atoms with Gasteiger partial charge in [-0.1, -0.05) is 29.8 Å². The second-order valence-electron chi connectivity index (χ2n) is 5.98. The van der Waals surface area contributed by atoms with Crippen molar-refractivity contribution in [3.63, 3.8) is 0 Å². The Morgan fingerprint density at radius 3 is 2.56 bits per heavy atom. The van der Waals surface area contributed by atoms with Crippen LogP contribution in [0.15, 0.2) is 42.6 Å². The van der Waals surface area contributed by atoms with Crippen molar-refractivity contribution in [2.24, 2.45) is 0 Å². The Hall–Kier alpha value is -2.11. The van der Waals surface area contributed by atoms with Crippen LogP contribution in [0.5, 0.6) is 0 Å². The SMILES string of the molecule is CCOC(=O)c1ccc(N2CCN(Cc3ccccc3Cl)CC2)nc1. The van der Waals surface area contributed by atoms with Gasteiger partial charge in [-0.2, -0.15) is 0 Å². The van der Waals surface area contributed by atoms with Crippen LogP contribution in [-0.2, 0) is 11.3 Å². The molecule has 1 aromatic heterocycles. The number of esters is 1. The van der Waals surface area contributed by atoms with Crippen LogP contribution in [0, 0.1) is 0 Å². The van der Waals surface area contributed by atoms with Crippen LogP contribution >= 0.6 is 11.6 Å². The number of hydrogen-bond donors (Lipinski definition) is 0. The summed E-state index contributed by atoms with van der Waals surface area (Å²) in [6.07, 6.45) is 1.59. The molecule has 1 saturated heterocycles. The molecule has 1 aliphatic rings. The van der Waals surface area contributed by atoms with E-state index in [0.29, 0.717) is 12.2 Å². The van der Waals surface area contributed by atoms with E-state index < -0.39 is 0 Å². The van der Waals surface area contributed by atoms with Gasteiger partial charge in [-0.15, -0.1) is 0 Å². The summed E-state index contributed by atoms with van der Waals surface area (Å²) in [4.78, 5) is 20.7. The second kappa shape index (κ2) is 8.32. The first-order valence-corrected chi connectivity index (χ1v) is 8.89. The van der Waals surface area contributed by atoms with E-state index in [4.69, 9.17) is 16.3 Å². The number of carbonyl (C=O) groups excluding carboxylic acids is 1. The molecule has 0 N–H and O–H groups in total. The molecule has 2 aromatic rings. The Morgan fingerprint density at radius 2 is 1.92 bits per heavy atom. The average molecular weight is 360 g/mol. The molecule has 0 spiro atoms. The minimum absolute atomic E-state index is 0.328. The number of hydrogen-bond acceptors (Lipinski definition) is 5. The van der Waals surface area contributed by atoms with E-state index in [2.05, 4.69) is 20.9 Å². The number of benzene rings is 1. The van der Waals surface area contributed by atoms with Gasteiger partial charge >= 0.3 is 5.97 Å². The highest BCUT2D eigenvalue weighted by Gasteiger charge is 2.19. The monoisotopic (exact) mass is 359 g/mol. The lowest BCUT2D eigenvalue weighted by Gasteiger charge is -2.35. The van der Waals surface area contributed by atoms with E-state index in [9.17, 15) is 4.79 Å². The van der Waals surface area contributed by atoms with E-state index in [1.165, 1.54) is 0 Å². The molecule has 0 saturated carbocycles. The number of nitrogens with zero attached hydrogens (tertiary/aromatic N) is 3. The van der Waals surface area contributed by atoms with Crippen molar-refractivity contribution < 1.29 is 9.53 Å². The van der Waals surface area contributed by atoms with Crippen LogP contribution in [0.3, 0.4) is 0 Å². The van der Waals surface area contributed by atoms with Crippen LogP contribution in [0.4, 0.5) is 5.82 Å². The van der Waals surface area contributed by atoms with E-state index >= 15 is 0 Å². The molecule has 6 heteroatoms. The molecule has 132 valence electrons. The quantitative estimate of drug-likeness (QED) is 0.767. The number of anilines is 1. The number of ether oxygens (including phenoxy) is 1. The molecule has 0 bridgehead atoms. The molecule has 0 atom stereocenters. The van der Waals surface area contributed by atoms with E-state index in [1.54, 1.807) is 19.2 Å². The van der Waals surface area contributed by atoms with Crippen molar-refractivity contribution in [2.75, 3.05) is 37.7 Å². The Morgan fingerprint density at radius 1 is 1.16 bits per heavy atom. The van der Waals surface area contributed by atoms with Crippen molar-refractivity contribution in [1.82, 2.24) is 9.88 Å². The molecule has 0 unspecified atom stereocenters. The zero-order valence-electron chi connectivity index (χ0n) is 14.3. The summed E-state index contributed by atoms with van der Waals surface area (Å²) in [5, 5.41) is 0.821. The predicted octanol–water partition coefficient (Wildman–Crippen LogP) is 3.23. The first-order valence-electron chi connectivity index (χ1n) is 8.51. The van der Waals surface area contributed by atoms with Crippen molar-refractivity contribution in [3.8, 4) is 0 Å². The standard InChI is InChI=1S/C19H22ClN3O2/c1-2-25-19(24)15-7-8-18(21-13-15)23-11-9-22(10-12-23)14-16-5-3-4-6-17(16)20/h3-8,13H,2,9-12,14H2,1H3. The summed E-state index contributed by atoms with van der Waals surface area (Å²) >= 11 is 6.25. The van der Waals surface area contributed by atoms with E-state index in [0.717, 1.165) is 49.1 Å². The molecule has 0 radical (unpaired) electrons. The summed E-state index contributed by atoms with van der Waals surface area (Å²) in [6, 6.07) is 11.6. The van der Waals surface area contributed by atoms with Gasteiger partial charge in [-0.05, 0) is 30.7 Å². The van der Waals surface area contributed by atoms with Crippen molar-refractivity contribution in [1.29, 1.82) is 0 Å². The van der Waals surface area contributed by atoms with Crippen LogP contribution in [0.2, 0.25) is 5.02 Å². The Balaban J connectivity index is 1.55. The topological polar surface area (TPSA) is 45.7 Å². The van der Waals surface area contributed by atoms with Crippen LogP contribution in [0.1, 0.15) is 22.8 Å². The van der Waals surface area contributed by atoms with E-state index in [1.807, 2.05) is 24.3 Å². The lowest BCUT2D eigenvalue weighted by molar-refractivity contribution is 0.0526. The minimum atomic E-state index is -0.328. The molecular weight excluding hydrogens is 338 g/mol. The molecule has 0 aliphatic carbocycles. The number of halogens is 1. The highest BCUT2D eigenvalue weighted by Crippen LogP contribution is 2.19. The molecule has 25 heavy (non-hydrogen) atoms. The summed E-state index contributed by atoms with van der Waals surface area (Å²) in [6.45, 7) is 6.73. The van der Waals surface area contributed by atoms with Crippen molar-refractivity contribution in [2.45, 2.75) is 13.5 Å². The first kappa shape index (κ1) is 17.7. The molecule has 5 nitrogen and oxygen atoms in total. The van der Waals surface area contributed by atoms with Gasteiger partial charge in [0.05, 0.1) is 12.2 Å². The van der Waals surface area contributed by atoms with Gasteiger partial charge in [-0.3, -0.25) is 4.90 Å². The highest BCUT2D eigenvalue weighted by molar-refractivity contribution is 6.31. The fourth-order valence-electron chi connectivity index (χ4n) is 2.91. The summed E-state index contributed by atoms with van der Waals surface area (Å²) in [5.41, 5.74) is 1.65. The van der Waals surface area contributed by atoms with Gasteiger partial charge in [0, 0.05) is 43.9 Å². The largest absolute Gasteiger partial charge is 0.462 e. The fraction of sp³-hybridized carbons (Fsp3) is 0.368. The minimum Gasteiger partial charge on any atom is -0.462 e. The van der Waals surface area contributed by atoms with Crippen molar-refractivity contribution in [3.05, 3.63) is 58.7 Å². The third-order valence-corrected chi connectivity index (χ3v) is 4.68. The van der Waals surface area contributed by atoms with Gasteiger partial charge in [0.15, 0.2) is 0 Å². The maximum atomic E-state index is 11.7. The molecule has 0 amide bonds. The zero-order valence-corrected chi connectivity index (χ0v) is 15.1. The molecular formula is C19H22ClN3O2. The number of rotatable bonds is 5. The maximum absolute atomic E-state index is 11.7. The summed E-state index contributed by atoms with van der Waals surface area (Å²) in [5.74, 6) is 0.566. The third kappa shape index (κ3) is 4.50. The Kier molecular flexibility index (Phi) is 5.89. The van der Waals surface area contributed by atoms with Gasteiger partial charge in [0.25, 0.3) is 0 Å². The average Bonchev–Trinajstić information content (AvgIpc) is 2.65. The number of piperazine rings is 1. The lowest BCUT2D eigenvalue weighted by Crippen LogP contribution is -2.46. The van der Waals surface area contributed by atoms with Crippen LogP contribution < -0.4 is 4.90 Å². The fourth-order valence-corrected chi connectivity index (χ4v) is 3.11. The van der Waals surface area contributed by atoms with Gasteiger partial charge in [0.2, 0.25) is 0 Å². The first-order chi connectivity index (χ1) is 12.2. The van der Waals surface area contributed by atoms with Crippen LogP contribution in [0.25, 0.3) is 0 Å². The number of carbonyl (C=O) groups is 1. The lowest BCUT2D eigenvalue weighted by atomic mass is 10.2.